The average Bonchev–Trinajstić information content (AvgIpc) is 2.75. The molecule has 0 fully saturated rings. The van der Waals surface area contributed by atoms with Crippen LogP contribution in [0.4, 0.5) is 11.4 Å². The quantitative estimate of drug-likeness (QED) is 0.523. The Balaban J connectivity index is 1.83. The molecule has 8 heteroatoms. The highest BCUT2D eigenvalue weighted by molar-refractivity contribution is 7.92. The molecule has 0 radical (unpaired) electrons. The number of sulfonamides is 1. The predicted molar refractivity (Wildman–Crippen MR) is 119 cm³/mol. The summed E-state index contributed by atoms with van der Waals surface area (Å²) >= 11 is 6.06. The number of carbonyl (C=O) groups excluding carboxylic acids is 2. The van der Waals surface area contributed by atoms with Crippen molar-refractivity contribution in [2.45, 2.75) is 6.92 Å². The molecule has 3 rings (SSSR count). The Morgan fingerprint density at radius 3 is 2.20 bits per heavy atom. The van der Waals surface area contributed by atoms with Gasteiger partial charge in [-0.2, -0.15) is 0 Å². The van der Waals surface area contributed by atoms with E-state index in [0.29, 0.717) is 27.5 Å². The summed E-state index contributed by atoms with van der Waals surface area (Å²) in [6.07, 6.45) is 0. The fourth-order valence-electron chi connectivity index (χ4n) is 2.69. The van der Waals surface area contributed by atoms with Crippen molar-refractivity contribution < 1.29 is 18.0 Å². The van der Waals surface area contributed by atoms with Gasteiger partial charge in [0, 0.05) is 27.4 Å². The number of anilines is 2. The summed E-state index contributed by atoms with van der Waals surface area (Å²) in [5.41, 5.74) is 1.74. The number of halogens is 1. The number of carbonyl (C=O) groups is 2. The molecule has 0 saturated carbocycles. The van der Waals surface area contributed by atoms with Crippen molar-refractivity contribution in [3.63, 3.8) is 0 Å². The molecular formula is C22H19ClN2O4S. The van der Waals surface area contributed by atoms with Gasteiger partial charge in [0.05, 0.1) is 11.4 Å². The smallest absolute Gasteiger partial charge is 0.255 e. The molecule has 0 heterocycles. The van der Waals surface area contributed by atoms with Gasteiger partial charge in [0.15, 0.2) is 5.78 Å². The first kappa shape index (κ1) is 21.5. The Bertz CT molecular complexity index is 1180. The van der Waals surface area contributed by atoms with Crippen molar-refractivity contribution in [1.29, 1.82) is 0 Å². The van der Waals surface area contributed by atoms with Gasteiger partial charge in [-0.25, -0.2) is 8.42 Å². The standard InChI is InChI=1S/C22H19ClN2O4S/c1-2-30(28,29)25-18-11-8-16(9-12-18)22(27)24-20-13-10-17(23)14-19(20)21(26)15-6-4-3-5-7-15/h3-14,25H,2H2,1H3,(H,24,27). The highest BCUT2D eigenvalue weighted by atomic mass is 35.5. The lowest BCUT2D eigenvalue weighted by atomic mass is 10.0. The van der Waals surface area contributed by atoms with Gasteiger partial charge in [0.1, 0.15) is 0 Å². The maximum Gasteiger partial charge on any atom is 0.255 e. The number of nitrogens with one attached hydrogen (secondary N) is 2. The van der Waals surface area contributed by atoms with E-state index in [4.69, 9.17) is 11.6 Å². The molecule has 30 heavy (non-hydrogen) atoms. The largest absolute Gasteiger partial charge is 0.321 e. The van der Waals surface area contributed by atoms with Crippen LogP contribution >= 0.6 is 11.6 Å². The van der Waals surface area contributed by atoms with E-state index in [1.54, 1.807) is 36.4 Å². The summed E-state index contributed by atoms with van der Waals surface area (Å²) in [5.74, 6) is -0.758. The molecule has 0 atom stereocenters. The molecule has 0 spiro atoms. The van der Waals surface area contributed by atoms with Crippen molar-refractivity contribution in [3.8, 4) is 0 Å². The molecule has 0 unspecified atom stereocenters. The Morgan fingerprint density at radius 1 is 0.900 bits per heavy atom. The third kappa shape index (κ3) is 5.25. The zero-order chi connectivity index (χ0) is 21.7. The van der Waals surface area contributed by atoms with Crippen molar-refractivity contribution in [1.82, 2.24) is 0 Å². The number of rotatable bonds is 7. The van der Waals surface area contributed by atoms with E-state index in [9.17, 15) is 18.0 Å². The first-order chi connectivity index (χ1) is 14.3. The highest BCUT2D eigenvalue weighted by Crippen LogP contribution is 2.24. The second-order valence-corrected chi connectivity index (χ2v) is 8.87. The first-order valence-electron chi connectivity index (χ1n) is 9.10. The molecule has 3 aromatic carbocycles. The molecule has 154 valence electrons. The molecular weight excluding hydrogens is 424 g/mol. The predicted octanol–water partition coefficient (Wildman–Crippen LogP) is 4.58. The van der Waals surface area contributed by atoms with Crippen molar-refractivity contribution in [2.75, 3.05) is 15.8 Å². The van der Waals surface area contributed by atoms with Crippen LogP contribution in [0.5, 0.6) is 0 Å². The van der Waals surface area contributed by atoms with Gasteiger partial charge < -0.3 is 5.32 Å². The normalized spacial score (nSPS) is 11.0. The summed E-state index contributed by atoms with van der Waals surface area (Å²) < 4.78 is 25.7. The highest BCUT2D eigenvalue weighted by Gasteiger charge is 2.17. The van der Waals surface area contributed by atoms with Gasteiger partial charge in [-0.1, -0.05) is 41.9 Å². The second kappa shape index (κ2) is 9.11. The van der Waals surface area contributed by atoms with Gasteiger partial charge in [-0.15, -0.1) is 0 Å². The zero-order valence-corrected chi connectivity index (χ0v) is 17.6. The SMILES string of the molecule is CCS(=O)(=O)Nc1ccc(C(=O)Nc2ccc(Cl)cc2C(=O)c2ccccc2)cc1. The summed E-state index contributed by atoms with van der Waals surface area (Å²) in [4.78, 5) is 25.5. The fourth-order valence-corrected chi connectivity index (χ4v) is 3.51. The van der Waals surface area contributed by atoms with Crippen LogP contribution in [-0.4, -0.2) is 25.9 Å². The molecule has 2 N–H and O–H groups in total. The van der Waals surface area contributed by atoms with E-state index in [1.807, 2.05) is 6.07 Å². The van der Waals surface area contributed by atoms with E-state index in [-0.39, 0.29) is 17.1 Å². The minimum Gasteiger partial charge on any atom is -0.321 e. The van der Waals surface area contributed by atoms with Gasteiger partial charge in [0.2, 0.25) is 10.0 Å². The summed E-state index contributed by atoms with van der Waals surface area (Å²) in [5, 5.41) is 3.10. The Morgan fingerprint density at radius 2 is 1.57 bits per heavy atom. The van der Waals surface area contributed by atoms with Crippen molar-refractivity contribution in [3.05, 3.63) is 94.5 Å². The minimum absolute atomic E-state index is 0.0516. The number of ketones is 1. The molecule has 0 saturated heterocycles. The molecule has 0 aliphatic carbocycles. The lowest BCUT2D eigenvalue weighted by molar-refractivity contribution is 0.102. The summed E-state index contributed by atoms with van der Waals surface area (Å²) in [7, 11) is -3.40. The van der Waals surface area contributed by atoms with Crippen LogP contribution in [0.1, 0.15) is 33.2 Å². The molecule has 0 bridgehead atoms. The van der Waals surface area contributed by atoms with Gasteiger partial charge in [0.25, 0.3) is 5.91 Å². The zero-order valence-electron chi connectivity index (χ0n) is 16.1. The van der Waals surface area contributed by atoms with Gasteiger partial charge in [-0.05, 0) is 49.4 Å². The molecule has 0 aliphatic heterocycles. The number of benzene rings is 3. The maximum absolute atomic E-state index is 12.9. The van der Waals surface area contributed by atoms with Crippen LogP contribution in [0.2, 0.25) is 5.02 Å². The molecule has 0 aromatic heterocycles. The Kier molecular flexibility index (Phi) is 6.54. The van der Waals surface area contributed by atoms with Crippen LogP contribution in [0.3, 0.4) is 0 Å². The maximum atomic E-state index is 12.9. The lowest BCUT2D eigenvalue weighted by Crippen LogP contribution is -2.16. The number of hydrogen-bond acceptors (Lipinski definition) is 4. The van der Waals surface area contributed by atoms with E-state index in [2.05, 4.69) is 10.0 Å². The molecule has 1 amide bonds. The van der Waals surface area contributed by atoms with Gasteiger partial charge >= 0.3 is 0 Å². The average molecular weight is 443 g/mol. The van der Waals surface area contributed by atoms with Gasteiger partial charge in [-0.3, -0.25) is 14.3 Å². The molecule has 3 aromatic rings. The van der Waals surface area contributed by atoms with Crippen LogP contribution < -0.4 is 10.0 Å². The number of amides is 1. The second-order valence-electron chi connectivity index (χ2n) is 6.42. The first-order valence-corrected chi connectivity index (χ1v) is 11.1. The van der Waals surface area contributed by atoms with Crippen molar-refractivity contribution in [2.24, 2.45) is 0 Å². The molecule has 6 nitrogen and oxygen atoms in total. The van der Waals surface area contributed by atoms with Crippen LogP contribution in [0.25, 0.3) is 0 Å². The summed E-state index contributed by atoms with van der Waals surface area (Å²) in [6, 6.07) is 19.3. The minimum atomic E-state index is -3.40. The van der Waals surface area contributed by atoms with Crippen LogP contribution in [-0.2, 0) is 10.0 Å². The van der Waals surface area contributed by atoms with Crippen LogP contribution in [0, 0.1) is 0 Å². The van der Waals surface area contributed by atoms with Crippen LogP contribution in [0.15, 0.2) is 72.8 Å². The van der Waals surface area contributed by atoms with E-state index >= 15 is 0 Å². The Hall–Kier alpha value is -3.16. The van der Waals surface area contributed by atoms with Crippen molar-refractivity contribution >= 4 is 44.7 Å². The molecule has 0 aliphatic rings. The number of hydrogen-bond donors (Lipinski definition) is 2. The third-order valence-corrected chi connectivity index (χ3v) is 5.85. The van der Waals surface area contributed by atoms with E-state index in [0.717, 1.165) is 0 Å². The summed E-state index contributed by atoms with van der Waals surface area (Å²) in [6.45, 7) is 1.53. The third-order valence-electron chi connectivity index (χ3n) is 4.31. The van der Waals surface area contributed by atoms with E-state index in [1.165, 1.54) is 37.3 Å². The lowest BCUT2D eigenvalue weighted by Gasteiger charge is -2.12. The monoisotopic (exact) mass is 442 g/mol. The topological polar surface area (TPSA) is 92.3 Å². The Labute approximate surface area is 179 Å². The fraction of sp³-hybridized carbons (Fsp3) is 0.0909. The van der Waals surface area contributed by atoms with E-state index < -0.39 is 15.9 Å².